The minimum atomic E-state index is -0.0682. The molecular formula is C22H26ClN3O2. The van der Waals surface area contributed by atoms with Crippen LogP contribution in [0.3, 0.4) is 0 Å². The van der Waals surface area contributed by atoms with Gasteiger partial charge in [0.1, 0.15) is 0 Å². The number of halogens is 1. The van der Waals surface area contributed by atoms with Gasteiger partial charge in [-0.15, -0.1) is 0 Å². The highest BCUT2D eigenvalue weighted by molar-refractivity contribution is 6.30. The Kier molecular flexibility index (Phi) is 7.31. The van der Waals surface area contributed by atoms with Crippen LogP contribution in [0.1, 0.15) is 31.2 Å². The molecular weight excluding hydrogens is 374 g/mol. The van der Waals surface area contributed by atoms with Crippen molar-refractivity contribution in [3.8, 4) is 0 Å². The average Bonchev–Trinajstić information content (AvgIpc) is 2.72. The van der Waals surface area contributed by atoms with Crippen molar-refractivity contribution in [3.63, 3.8) is 0 Å². The van der Waals surface area contributed by atoms with Gasteiger partial charge in [0.2, 0.25) is 5.91 Å². The van der Waals surface area contributed by atoms with Gasteiger partial charge in [-0.3, -0.25) is 4.79 Å². The van der Waals surface area contributed by atoms with Gasteiger partial charge in [0.15, 0.2) is 0 Å². The van der Waals surface area contributed by atoms with Gasteiger partial charge >= 0.3 is 6.03 Å². The SMILES string of the molecule is O=C(CCC1CCCN(C(=O)Nc2ccccc2)C1)NCc1cccc(Cl)c1. The number of piperidine rings is 1. The third-order valence-corrected chi connectivity index (χ3v) is 5.22. The van der Waals surface area contributed by atoms with Crippen molar-refractivity contribution < 1.29 is 9.59 Å². The molecule has 0 aromatic heterocycles. The molecule has 3 rings (SSSR count). The zero-order valence-corrected chi connectivity index (χ0v) is 16.6. The van der Waals surface area contributed by atoms with E-state index in [1.165, 1.54) is 0 Å². The molecule has 2 aromatic rings. The number of nitrogens with zero attached hydrogens (tertiary/aromatic N) is 1. The summed E-state index contributed by atoms with van der Waals surface area (Å²) in [5, 5.41) is 6.55. The maximum Gasteiger partial charge on any atom is 0.321 e. The Hall–Kier alpha value is -2.53. The quantitative estimate of drug-likeness (QED) is 0.740. The summed E-state index contributed by atoms with van der Waals surface area (Å²) in [6.07, 6.45) is 3.28. The van der Waals surface area contributed by atoms with E-state index in [4.69, 9.17) is 11.6 Å². The maximum absolute atomic E-state index is 12.5. The standard InChI is InChI=1S/C22H26ClN3O2/c23-19-8-4-6-18(14-19)15-24-21(27)12-11-17-7-5-13-26(16-17)22(28)25-20-9-2-1-3-10-20/h1-4,6,8-10,14,17H,5,7,11-13,15-16H2,(H,24,27)(H,25,28). The van der Waals surface area contributed by atoms with E-state index in [0.717, 1.165) is 37.1 Å². The van der Waals surface area contributed by atoms with Crippen molar-refractivity contribution >= 4 is 29.2 Å². The van der Waals surface area contributed by atoms with Crippen molar-refractivity contribution in [2.24, 2.45) is 5.92 Å². The Morgan fingerprint density at radius 1 is 1.11 bits per heavy atom. The Labute approximate surface area is 171 Å². The van der Waals surface area contributed by atoms with Gasteiger partial charge in [-0.25, -0.2) is 4.79 Å². The van der Waals surface area contributed by atoms with Crippen molar-refractivity contribution in [2.75, 3.05) is 18.4 Å². The van der Waals surface area contributed by atoms with E-state index in [-0.39, 0.29) is 11.9 Å². The molecule has 28 heavy (non-hydrogen) atoms. The third kappa shape index (κ3) is 6.27. The molecule has 0 saturated carbocycles. The molecule has 0 bridgehead atoms. The van der Waals surface area contributed by atoms with Gasteiger partial charge < -0.3 is 15.5 Å². The fourth-order valence-electron chi connectivity index (χ4n) is 3.48. The first kappa shape index (κ1) is 20.2. The van der Waals surface area contributed by atoms with E-state index in [2.05, 4.69) is 10.6 Å². The second-order valence-corrected chi connectivity index (χ2v) is 7.63. The number of likely N-dealkylation sites (tertiary alicyclic amines) is 1. The van der Waals surface area contributed by atoms with E-state index < -0.39 is 0 Å². The molecule has 1 aliphatic rings. The van der Waals surface area contributed by atoms with Gasteiger partial charge in [0.05, 0.1) is 0 Å². The van der Waals surface area contributed by atoms with Crippen molar-refractivity contribution in [1.82, 2.24) is 10.2 Å². The average molecular weight is 400 g/mol. The third-order valence-electron chi connectivity index (χ3n) is 4.99. The molecule has 2 aromatic carbocycles. The molecule has 1 fully saturated rings. The van der Waals surface area contributed by atoms with E-state index in [1.54, 1.807) is 0 Å². The molecule has 0 spiro atoms. The smallest absolute Gasteiger partial charge is 0.321 e. The van der Waals surface area contributed by atoms with E-state index in [9.17, 15) is 9.59 Å². The summed E-state index contributed by atoms with van der Waals surface area (Å²) in [5.41, 5.74) is 1.79. The normalized spacial score (nSPS) is 16.5. The van der Waals surface area contributed by atoms with Crippen molar-refractivity contribution in [3.05, 3.63) is 65.2 Å². The number of urea groups is 1. The molecule has 3 amide bonds. The van der Waals surface area contributed by atoms with Crippen LogP contribution in [0.25, 0.3) is 0 Å². The van der Waals surface area contributed by atoms with Crippen LogP contribution >= 0.6 is 11.6 Å². The van der Waals surface area contributed by atoms with Gasteiger partial charge in [0, 0.05) is 36.8 Å². The molecule has 6 heteroatoms. The highest BCUT2D eigenvalue weighted by Crippen LogP contribution is 2.22. The molecule has 1 unspecified atom stereocenters. The summed E-state index contributed by atoms with van der Waals surface area (Å²) in [6, 6.07) is 16.9. The first-order chi connectivity index (χ1) is 13.6. The maximum atomic E-state index is 12.5. The predicted octanol–water partition coefficient (Wildman–Crippen LogP) is 4.68. The van der Waals surface area contributed by atoms with E-state index in [1.807, 2.05) is 59.5 Å². The number of hydrogen-bond acceptors (Lipinski definition) is 2. The predicted molar refractivity (Wildman–Crippen MR) is 112 cm³/mol. The van der Waals surface area contributed by atoms with Crippen LogP contribution in [0.4, 0.5) is 10.5 Å². The molecule has 1 atom stereocenters. The Balaban J connectivity index is 1.40. The number of carbonyl (C=O) groups is 2. The van der Waals surface area contributed by atoms with E-state index in [0.29, 0.717) is 30.5 Å². The lowest BCUT2D eigenvalue weighted by atomic mass is 9.93. The zero-order valence-electron chi connectivity index (χ0n) is 15.9. The van der Waals surface area contributed by atoms with Crippen molar-refractivity contribution in [1.29, 1.82) is 0 Å². The van der Waals surface area contributed by atoms with Crippen LogP contribution in [0.15, 0.2) is 54.6 Å². The summed E-state index contributed by atoms with van der Waals surface area (Å²) in [5.74, 6) is 0.387. The lowest BCUT2D eigenvalue weighted by Crippen LogP contribution is -2.42. The lowest BCUT2D eigenvalue weighted by Gasteiger charge is -2.32. The Morgan fingerprint density at radius 2 is 1.93 bits per heavy atom. The second-order valence-electron chi connectivity index (χ2n) is 7.20. The summed E-state index contributed by atoms with van der Waals surface area (Å²) in [4.78, 5) is 26.5. The highest BCUT2D eigenvalue weighted by Gasteiger charge is 2.24. The molecule has 0 aliphatic carbocycles. The lowest BCUT2D eigenvalue weighted by molar-refractivity contribution is -0.121. The van der Waals surface area contributed by atoms with E-state index >= 15 is 0 Å². The van der Waals surface area contributed by atoms with Crippen LogP contribution in [0.2, 0.25) is 5.02 Å². The van der Waals surface area contributed by atoms with Gasteiger partial charge in [-0.1, -0.05) is 41.9 Å². The largest absolute Gasteiger partial charge is 0.352 e. The molecule has 1 aliphatic heterocycles. The second kappa shape index (κ2) is 10.1. The zero-order chi connectivity index (χ0) is 19.8. The minimum Gasteiger partial charge on any atom is -0.352 e. The number of amides is 3. The highest BCUT2D eigenvalue weighted by atomic mass is 35.5. The molecule has 148 valence electrons. The number of hydrogen-bond donors (Lipinski definition) is 2. The molecule has 1 saturated heterocycles. The number of rotatable bonds is 6. The van der Waals surface area contributed by atoms with Crippen LogP contribution < -0.4 is 10.6 Å². The number of para-hydroxylation sites is 1. The number of nitrogens with one attached hydrogen (secondary N) is 2. The molecule has 2 N–H and O–H groups in total. The Morgan fingerprint density at radius 3 is 2.71 bits per heavy atom. The van der Waals surface area contributed by atoms with Crippen LogP contribution in [0.5, 0.6) is 0 Å². The number of anilines is 1. The van der Waals surface area contributed by atoms with Gasteiger partial charge in [0.25, 0.3) is 0 Å². The number of benzene rings is 2. The minimum absolute atomic E-state index is 0.0332. The monoisotopic (exact) mass is 399 g/mol. The fraction of sp³-hybridized carbons (Fsp3) is 0.364. The van der Waals surface area contributed by atoms with Crippen LogP contribution in [-0.2, 0) is 11.3 Å². The summed E-state index contributed by atoms with van der Waals surface area (Å²) in [6.45, 7) is 1.94. The van der Waals surface area contributed by atoms with Gasteiger partial charge in [-0.2, -0.15) is 0 Å². The molecule has 0 radical (unpaired) electrons. The first-order valence-corrected chi connectivity index (χ1v) is 10.1. The summed E-state index contributed by atoms with van der Waals surface area (Å²) >= 11 is 5.96. The number of carbonyl (C=O) groups excluding carboxylic acids is 2. The topological polar surface area (TPSA) is 61.4 Å². The van der Waals surface area contributed by atoms with Crippen molar-refractivity contribution in [2.45, 2.75) is 32.2 Å². The van der Waals surface area contributed by atoms with Gasteiger partial charge in [-0.05, 0) is 55.0 Å². The summed E-state index contributed by atoms with van der Waals surface area (Å²) < 4.78 is 0. The summed E-state index contributed by atoms with van der Waals surface area (Å²) in [7, 11) is 0. The Bertz CT molecular complexity index is 797. The van der Waals surface area contributed by atoms with Crippen LogP contribution in [0, 0.1) is 5.92 Å². The fourth-order valence-corrected chi connectivity index (χ4v) is 3.69. The molecule has 1 heterocycles. The van der Waals surface area contributed by atoms with Crippen LogP contribution in [-0.4, -0.2) is 29.9 Å². The molecule has 5 nitrogen and oxygen atoms in total. The first-order valence-electron chi connectivity index (χ1n) is 9.72.